The summed E-state index contributed by atoms with van der Waals surface area (Å²) < 4.78 is 3.07. The maximum absolute atomic E-state index is 5.67. The molecular weight excluding hydrogens is 348 g/mol. The minimum atomic E-state index is 0.203. The molecule has 2 aromatic rings. The third kappa shape index (κ3) is 5.14. The summed E-state index contributed by atoms with van der Waals surface area (Å²) in [6.07, 6.45) is 2.86. The van der Waals surface area contributed by atoms with E-state index in [0.717, 1.165) is 22.3 Å². The molecule has 0 aliphatic rings. The molecule has 21 heavy (non-hydrogen) atoms. The van der Waals surface area contributed by atoms with Crippen LogP contribution in [0.4, 0.5) is 0 Å². The maximum atomic E-state index is 5.67. The Bertz CT molecular complexity index is 553. The van der Waals surface area contributed by atoms with Gasteiger partial charge in [0.25, 0.3) is 0 Å². The molecule has 0 radical (unpaired) electrons. The van der Waals surface area contributed by atoms with E-state index in [0.29, 0.717) is 6.04 Å². The Hall–Kier alpha value is -0.820. The Morgan fingerprint density at radius 1 is 1.29 bits per heavy atom. The molecule has 1 heterocycles. The van der Waals surface area contributed by atoms with Crippen molar-refractivity contribution in [2.75, 3.05) is 5.75 Å². The van der Waals surface area contributed by atoms with Crippen molar-refractivity contribution in [3.8, 4) is 0 Å². The molecule has 4 nitrogen and oxygen atoms in total. The fourth-order valence-corrected chi connectivity index (χ4v) is 3.12. The highest BCUT2D eigenvalue weighted by molar-refractivity contribution is 9.10. The van der Waals surface area contributed by atoms with Gasteiger partial charge in [-0.1, -0.05) is 15.9 Å². The summed E-state index contributed by atoms with van der Waals surface area (Å²) in [5.74, 6) is 6.58. The van der Waals surface area contributed by atoms with E-state index in [1.807, 2.05) is 10.9 Å². The van der Waals surface area contributed by atoms with Crippen molar-refractivity contribution in [2.45, 2.75) is 37.2 Å². The molecule has 1 aromatic heterocycles. The Morgan fingerprint density at radius 2 is 2.00 bits per heavy atom. The van der Waals surface area contributed by atoms with Gasteiger partial charge in [-0.05, 0) is 44.2 Å². The molecule has 1 atom stereocenters. The van der Waals surface area contributed by atoms with E-state index in [9.17, 15) is 0 Å². The number of hydrogen-bond acceptors (Lipinski definition) is 4. The predicted molar refractivity (Wildman–Crippen MR) is 92.3 cm³/mol. The number of thioether (sulfide) groups is 1. The van der Waals surface area contributed by atoms with Crippen molar-refractivity contribution in [3.05, 3.63) is 46.7 Å². The van der Waals surface area contributed by atoms with Gasteiger partial charge in [0.2, 0.25) is 0 Å². The van der Waals surface area contributed by atoms with Crippen LogP contribution in [0.5, 0.6) is 0 Å². The highest BCUT2D eigenvalue weighted by Crippen LogP contribution is 2.22. The smallest absolute Gasteiger partial charge is 0.0641 e. The molecule has 0 aliphatic heterocycles. The number of nitrogens with zero attached hydrogens (tertiary/aromatic N) is 2. The van der Waals surface area contributed by atoms with Crippen LogP contribution in [0.15, 0.2) is 45.9 Å². The molecule has 1 unspecified atom stereocenters. The molecule has 0 saturated carbocycles. The lowest BCUT2D eigenvalue weighted by Gasteiger charge is -2.14. The number of nitrogens with one attached hydrogen (secondary N) is 1. The summed E-state index contributed by atoms with van der Waals surface area (Å²) >= 11 is 5.24. The fraction of sp³-hybridized carbons (Fsp3) is 0.400. The molecule has 1 aromatic carbocycles. The third-order valence-corrected chi connectivity index (χ3v) is 4.85. The second-order valence-electron chi connectivity index (χ2n) is 5.21. The molecule has 3 N–H and O–H groups in total. The second kappa shape index (κ2) is 7.98. The SMILES string of the molecule is CC(C)n1ccc(CC(CSc2ccc(Br)cc2)NN)n1. The number of nitrogens with two attached hydrogens (primary N) is 1. The van der Waals surface area contributed by atoms with Gasteiger partial charge in [0.15, 0.2) is 0 Å². The van der Waals surface area contributed by atoms with Gasteiger partial charge in [-0.2, -0.15) is 5.10 Å². The van der Waals surface area contributed by atoms with Gasteiger partial charge in [-0.15, -0.1) is 11.8 Å². The lowest BCUT2D eigenvalue weighted by Crippen LogP contribution is -2.38. The van der Waals surface area contributed by atoms with Gasteiger partial charge in [-0.25, -0.2) is 0 Å². The van der Waals surface area contributed by atoms with Crippen molar-refractivity contribution in [1.82, 2.24) is 15.2 Å². The predicted octanol–water partition coefficient (Wildman–Crippen LogP) is 3.39. The normalized spacial score (nSPS) is 12.8. The Morgan fingerprint density at radius 3 is 2.57 bits per heavy atom. The quantitative estimate of drug-likeness (QED) is 0.446. The largest absolute Gasteiger partial charge is 0.271 e. The Balaban J connectivity index is 1.88. The van der Waals surface area contributed by atoms with Gasteiger partial charge in [0.05, 0.1) is 5.69 Å². The van der Waals surface area contributed by atoms with Crippen molar-refractivity contribution in [1.29, 1.82) is 0 Å². The summed E-state index contributed by atoms with van der Waals surface area (Å²) in [6.45, 7) is 4.25. The van der Waals surface area contributed by atoms with E-state index < -0.39 is 0 Å². The first-order valence-electron chi connectivity index (χ1n) is 6.97. The van der Waals surface area contributed by atoms with Crippen LogP contribution in [0.3, 0.4) is 0 Å². The van der Waals surface area contributed by atoms with Gasteiger partial charge in [0, 0.05) is 39.8 Å². The molecule has 0 fully saturated rings. The fourth-order valence-electron chi connectivity index (χ4n) is 1.92. The van der Waals surface area contributed by atoms with E-state index in [4.69, 9.17) is 5.84 Å². The first kappa shape index (κ1) is 16.5. The standard InChI is InChI=1S/C15H21BrN4S/c1-11(2)20-8-7-13(19-20)9-14(18-17)10-21-15-5-3-12(16)4-6-15/h3-8,11,14,18H,9-10,17H2,1-2H3. The first-order chi connectivity index (χ1) is 10.1. The number of halogens is 1. The van der Waals surface area contributed by atoms with Gasteiger partial charge in [-0.3, -0.25) is 16.0 Å². The zero-order valence-electron chi connectivity index (χ0n) is 12.3. The van der Waals surface area contributed by atoms with E-state index in [1.54, 1.807) is 11.8 Å². The molecule has 2 rings (SSSR count). The summed E-state index contributed by atoms with van der Waals surface area (Å²) in [5.41, 5.74) is 3.96. The molecule has 0 amide bonds. The van der Waals surface area contributed by atoms with Crippen molar-refractivity contribution in [2.24, 2.45) is 5.84 Å². The number of rotatable bonds is 7. The topological polar surface area (TPSA) is 55.9 Å². The van der Waals surface area contributed by atoms with Gasteiger partial charge in [0.1, 0.15) is 0 Å². The number of aromatic nitrogens is 2. The molecule has 0 bridgehead atoms. The van der Waals surface area contributed by atoms with E-state index >= 15 is 0 Å². The summed E-state index contributed by atoms with van der Waals surface area (Å²) in [4.78, 5) is 1.24. The monoisotopic (exact) mass is 368 g/mol. The van der Waals surface area contributed by atoms with Gasteiger partial charge < -0.3 is 0 Å². The van der Waals surface area contributed by atoms with Crippen LogP contribution in [-0.2, 0) is 6.42 Å². The summed E-state index contributed by atoms with van der Waals surface area (Å²) in [5, 5.41) is 4.57. The molecule has 0 aliphatic carbocycles. The maximum Gasteiger partial charge on any atom is 0.0641 e. The lowest BCUT2D eigenvalue weighted by molar-refractivity contribution is 0.513. The average Bonchev–Trinajstić information content (AvgIpc) is 2.94. The zero-order valence-corrected chi connectivity index (χ0v) is 14.7. The molecular formula is C15H21BrN4S. The minimum absolute atomic E-state index is 0.203. The molecule has 0 saturated heterocycles. The van der Waals surface area contributed by atoms with Crippen molar-refractivity contribution < 1.29 is 0 Å². The first-order valence-corrected chi connectivity index (χ1v) is 8.75. The number of hydrazine groups is 1. The number of benzene rings is 1. The highest BCUT2D eigenvalue weighted by Gasteiger charge is 2.11. The van der Waals surface area contributed by atoms with E-state index in [1.165, 1.54) is 4.90 Å². The van der Waals surface area contributed by atoms with Gasteiger partial charge >= 0.3 is 0 Å². The van der Waals surface area contributed by atoms with Crippen LogP contribution >= 0.6 is 27.7 Å². The van der Waals surface area contributed by atoms with Crippen LogP contribution < -0.4 is 11.3 Å². The van der Waals surface area contributed by atoms with E-state index in [-0.39, 0.29) is 6.04 Å². The van der Waals surface area contributed by atoms with Crippen molar-refractivity contribution in [3.63, 3.8) is 0 Å². The molecule has 114 valence electrons. The van der Waals surface area contributed by atoms with Crippen LogP contribution in [-0.4, -0.2) is 21.6 Å². The van der Waals surface area contributed by atoms with Crippen molar-refractivity contribution >= 4 is 27.7 Å². The molecule has 6 heteroatoms. The van der Waals surface area contributed by atoms with Crippen LogP contribution in [0.1, 0.15) is 25.6 Å². The lowest BCUT2D eigenvalue weighted by atomic mass is 10.2. The summed E-state index contributed by atoms with van der Waals surface area (Å²) in [7, 11) is 0. The molecule has 0 spiro atoms. The average molecular weight is 369 g/mol. The van der Waals surface area contributed by atoms with Crippen LogP contribution in [0.2, 0.25) is 0 Å². The Labute approximate surface area is 138 Å². The summed E-state index contributed by atoms with van der Waals surface area (Å²) in [6, 6.07) is 11.0. The third-order valence-electron chi connectivity index (χ3n) is 3.15. The zero-order chi connectivity index (χ0) is 15.2. The highest BCUT2D eigenvalue weighted by atomic mass is 79.9. The minimum Gasteiger partial charge on any atom is -0.271 e. The van der Waals surface area contributed by atoms with Crippen LogP contribution in [0.25, 0.3) is 0 Å². The van der Waals surface area contributed by atoms with E-state index in [2.05, 4.69) is 70.6 Å². The van der Waals surface area contributed by atoms with Crippen LogP contribution in [0, 0.1) is 0 Å². The number of hydrogen-bond donors (Lipinski definition) is 2. The second-order valence-corrected chi connectivity index (χ2v) is 7.22. The Kier molecular flexibility index (Phi) is 6.29.